The molecule has 2 aromatic carbocycles. The van der Waals surface area contributed by atoms with Crippen LogP contribution in [0.4, 0.5) is 0 Å². The van der Waals surface area contributed by atoms with Crippen LogP contribution in [0.1, 0.15) is 36.8 Å². The van der Waals surface area contributed by atoms with Gasteiger partial charge >= 0.3 is 0 Å². The molecular formula is C20H24ClNO2. The first-order chi connectivity index (χ1) is 11.8. The van der Waals surface area contributed by atoms with E-state index < -0.39 is 0 Å². The lowest BCUT2D eigenvalue weighted by atomic mass is 10.1. The average molecular weight is 346 g/mol. The van der Waals surface area contributed by atoms with Crippen LogP contribution < -0.4 is 14.8 Å². The van der Waals surface area contributed by atoms with Gasteiger partial charge < -0.3 is 14.8 Å². The molecule has 1 saturated carbocycles. The normalized spacial score (nSPS) is 14.8. The lowest BCUT2D eigenvalue weighted by molar-refractivity contribution is 0.284. The van der Waals surface area contributed by atoms with Gasteiger partial charge in [-0.3, -0.25) is 0 Å². The molecule has 0 radical (unpaired) electrons. The molecule has 2 aromatic rings. The van der Waals surface area contributed by atoms with Crippen molar-refractivity contribution in [2.45, 2.75) is 44.9 Å². The van der Waals surface area contributed by atoms with E-state index in [1.54, 1.807) is 7.11 Å². The maximum atomic E-state index is 6.45. The third kappa shape index (κ3) is 4.43. The maximum absolute atomic E-state index is 6.45. The summed E-state index contributed by atoms with van der Waals surface area (Å²) in [6.45, 7) is 1.26. The standard InChI is InChI=1S/C20H24ClNO2/c1-23-19-11-16(13-22-17-9-5-6-10-17)18(21)12-20(19)24-14-15-7-3-2-4-8-15/h2-4,7-8,11-12,17,22H,5-6,9-10,13-14H2,1H3. The highest BCUT2D eigenvalue weighted by Gasteiger charge is 2.16. The number of hydrogen-bond donors (Lipinski definition) is 1. The fourth-order valence-electron chi connectivity index (χ4n) is 3.10. The monoisotopic (exact) mass is 345 g/mol. The molecule has 0 amide bonds. The third-order valence-corrected chi connectivity index (χ3v) is 4.86. The molecule has 1 N–H and O–H groups in total. The largest absolute Gasteiger partial charge is 0.493 e. The summed E-state index contributed by atoms with van der Waals surface area (Å²) >= 11 is 6.45. The SMILES string of the molecule is COc1cc(CNC2CCCC2)c(Cl)cc1OCc1ccccc1. The molecule has 0 aliphatic heterocycles. The van der Waals surface area contributed by atoms with Crippen molar-refractivity contribution in [2.75, 3.05) is 7.11 Å². The summed E-state index contributed by atoms with van der Waals surface area (Å²) in [4.78, 5) is 0. The topological polar surface area (TPSA) is 30.5 Å². The fourth-order valence-corrected chi connectivity index (χ4v) is 3.33. The Kier molecular flexibility index (Phi) is 6.00. The summed E-state index contributed by atoms with van der Waals surface area (Å²) in [5, 5.41) is 4.30. The molecule has 0 aromatic heterocycles. The van der Waals surface area contributed by atoms with Crippen molar-refractivity contribution in [1.29, 1.82) is 0 Å². The molecule has 128 valence electrons. The molecule has 0 heterocycles. The van der Waals surface area contributed by atoms with E-state index in [1.165, 1.54) is 25.7 Å². The Hall–Kier alpha value is -1.71. The molecular weight excluding hydrogens is 322 g/mol. The van der Waals surface area contributed by atoms with Crippen molar-refractivity contribution >= 4 is 11.6 Å². The zero-order valence-corrected chi connectivity index (χ0v) is 14.8. The van der Waals surface area contributed by atoms with Gasteiger partial charge in [-0.25, -0.2) is 0 Å². The molecule has 0 atom stereocenters. The fraction of sp³-hybridized carbons (Fsp3) is 0.400. The predicted molar refractivity (Wildman–Crippen MR) is 97.9 cm³/mol. The van der Waals surface area contributed by atoms with Crippen LogP contribution in [0.5, 0.6) is 11.5 Å². The minimum atomic E-state index is 0.493. The molecule has 0 bridgehead atoms. The lowest BCUT2D eigenvalue weighted by Crippen LogP contribution is -2.25. The number of halogens is 1. The van der Waals surface area contributed by atoms with Crippen molar-refractivity contribution in [3.05, 3.63) is 58.6 Å². The zero-order chi connectivity index (χ0) is 16.8. The summed E-state index contributed by atoms with van der Waals surface area (Å²) in [7, 11) is 1.66. The van der Waals surface area contributed by atoms with Crippen LogP contribution in [-0.2, 0) is 13.2 Å². The van der Waals surface area contributed by atoms with E-state index in [0.29, 0.717) is 23.4 Å². The number of hydrogen-bond acceptors (Lipinski definition) is 3. The van der Waals surface area contributed by atoms with Gasteiger partial charge in [-0.05, 0) is 30.0 Å². The van der Waals surface area contributed by atoms with Crippen LogP contribution >= 0.6 is 11.6 Å². The Balaban J connectivity index is 1.67. The summed E-state index contributed by atoms with van der Waals surface area (Å²) in [6, 6.07) is 14.5. The zero-order valence-electron chi connectivity index (χ0n) is 14.1. The lowest BCUT2D eigenvalue weighted by Gasteiger charge is -2.16. The van der Waals surface area contributed by atoms with Gasteiger partial charge in [0.1, 0.15) is 6.61 Å². The number of nitrogens with one attached hydrogen (secondary N) is 1. The Bertz CT molecular complexity index is 654. The van der Waals surface area contributed by atoms with Gasteiger partial charge in [0.2, 0.25) is 0 Å². The summed E-state index contributed by atoms with van der Waals surface area (Å²) in [5.74, 6) is 1.40. The van der Waals surface area contributed by atoms with E-state index >= 15 is 0 Å². The first kappa shape index (κ1) is 17.1. The molecule has 1 fully saturated rings. The first-order valence-corrected chi connectivity index (χ1v) is 8.90. The quantitative estimate of drug-likeness (QED) is 0.769. The van der Waals surface area contributed by atoms with E-state index in [0.717, 1.165) is 23.4 Å². The number of rotatable bonds is 7. The minimum Gasteiger partial charge on any atom is -0.493 e. The maximum Gasteiger partial charge on any atom is 0.163 e. The van der Waals surface area contributed by atoms with E-state index in [2.05, 4.69) is 5.32 Å². The molecule has 3 rings (SSSR count). The molecule has 0 unspecified atom stereocenters. The van der Waals surface area contributed by atoms with E-state index in [-0.39, 0.29) is 0 Å². The van der Waals surface area contributed by atoms with Crippen LogP contribution in [-0.4, -0.2) is 13.2 Å². The van der Waals surface area contributed by atoms with Crippen LogP contribution in [0.25, 0.3) is 0 Å². The number of ether oxygens (including phenoxy) is 2. The Morgan fingerprint density at radius 2 is 1.83 bits per heavy atom. The van der Waals surface area contributed by atoms with Crippen LogP contribution in [0, 0.1) is 0 Å². The number of methoxy groups -OCH3 is 1. The Labute approximate surface area is 148 Å². The average Bonchev–Trinajstić information content (AvgIpc) is 3.13. The molecule has 1 aliphatic carbocycles. The predicted octanol–water partition coefficient (Wildman–Crippen LogP) is 4.96. The van der Waals surface area contributed by atoms with Gasteiger partial charge in [-0.2, -0.15) is 0 Å². The summed E-state index contributed by atoms with van der Waals surface area (Å²) in [5.41, 5.74) is 2.16. The molecule has 3 nitrogen and oxygen atoms in total. The van der Waals surface area contributed by atoms with Gasteiger partial charge in [0.05, 0.1) is 7.11 Å². The van der Waals surface area contributed by atoms with Gasteiger partial charge in [-0.1, -0.05) is 54.8 Å². The van der Waals surface area contributed by atoms with Gasteiger partial charge in [0.25, 0.3) is 0 Å². The minimum absolute atomic E-state index is 0.493. The van der Waals surface area contributed by atoms with Gasteiger partial charge in [0.15, 0.2) is 11.5 Å². The van der Waals surface area contributed by atoms with Crippen LogP contribution in [0.2, 0.25) is 5.02 Å². The summed E-state index contributed by atoms with van der Waals surface area (Å²) in [6.07, 6.45) is 5.15. The van der Waals surface area contributed by atoms with E-state index in [9.17, 15) is 0 Å². The van der Waals surface area contributed by atoms with Crippen molar-refractivity contribution < 1.29 is 9.47 Å². The second kappa shape index (κ2) is 8.41. The highest BCUT2D eigenvalue weighted by atomic mass is 35.5. The molecule has 0 spiro atoms. The molecule has 1 aliphatic rings. The van der Waals surface area contributed by atoms with Gasteiger partial charge in [-0.15, -0.1) is 0 Å². The highest BCUT2D eigenvalue weighted by molar-refractivity contribution is 6.31. The second-order valence-electron chi connectivity index (χ2n) is 6.23. The molecule has 24 heavy (non-hydrogen) atoms. The second-order valence-corrected chi connectivity index (χ2v) is 6.64. The van der Waals surface area contributed by atoms with Crippen molar-refractivity contribution in [3.8, 4) is 11.5 Å². The summed E-state index contributed by atoms with van der Waals surface area (Å²) < 4.78 is 11.4. The van der Waals surface area contributed by atoms with Crippen LogP contribution in [0.3, 0.4) is 0 Å². The highest BCUT2D eigenvalue weighted by Crippen LogP contribution is 2.34. The van der Waals surface area contributed by atoms with Crippen molar-refractivity contribution in [3.63, 3.8) is 0 Å². The number of benzene rings is 2. The molecule has 0 saturated heterocycles. The first-order valence-electron chi connectivity index (χ1n) is 8.53. The van der Waals surface area contributed by atoms with Crippen molar-refractivity contribution in [1.82, 2.24) is 5.32 Å². The van der Waals surface area contributed by atoms with Crippen LogP contribution in [0.15, 0.2) is 42.5 Å². The smallest absolute Gasteiger partial charge is 0.163 e. The molecule has 4 heteroatoms. The van der Waals surface area contributed by atoms with E-state index in [4.69, 9.17) is 21.1 Å². The van der Waals surface area contributed by atoms with Gasteiger partial charge in [0, 0.05) is 23.7 Å². The Morgan fingerprint density at radius 1 is 1.08 bits per heavy atom. The van der Waals surface area contributed by atoms with E-state index in [1.807, 2.05) is 42.5 Å². The van der Waals surface area contributed by atoms with Crippen molar-refractivity contribution in [2.24, 2.45) is 0 Å². The third-order valence-electron chi connectivity index (χ3n) is 4.51. The Morgan fingerprint density at radius 3 is 2.54 bits per heavy atom.